The summed E-state index contributed by atoms with van der Waals surface area (Å²) in [6.45, 7) is 1.07. The van der Waals surface area contributed by atoms with Crippen molar-refractivity contribution >= 4 is 33.3 Å². The van der Waals surface area contributed by atoms with Gasteiger partial charge in [-0.1, -0.05) is 34.1 Å². The average molecular weight is 340 g/mol. The molecule has 0 radical (unpaired) electrons. The third-order valence-corrected chi connectivity index (χ3v) is 3.96. The van der Waals surface area contributed by atoms with Crippen LogP contribution in [0.3, 0.4) is 0 Å². The van der Waals surface area contributed by atoms with E-state index in [0.29, 0.717) is 13.1 Å². The molecule has 0 aliphatic rings. The molecule has 0 saturated carbocycles. The van der Waals surface area contributed by atoms with Crippen LogP contribution in [0.4, 0.5) is 4.79 Å². The highest BCUT2D eigenvalue weighted by Crippen LogP contribution is 2.15. The minimum absolute atomic E-state index is 0.167. The van der Waals surface area contributed by atoms with Gasteiger partial charge in [0.25, 0.3) is 0 Å². The number of halogens is 1. The fourth-order valence-corrected chi connectivity index (χ4v) is 2.61. The quantitative estimate of drug-likeness (QED) is 0.879. The van der Waals surface area contributed by atoms with Gasteiger partial charge in [0.2, 0.25) is 0 Å². The van der Waals surface area contributed by atoms with E-state index in [0.717, 1.165) is 16.6 Å². The van der Waals surface area contributed by atoms with Crippen molar-refractivity contribution in [2.75, 3.05) is 6.54 Å². The Balaban J connectivity index is 1.68. The predicted octanol–water partition coefficient (Wildman–Crippen LogP) is 2.95. The van der Waals surface area contributed by atoms with Gasteiger partial charge in [-0.05, 0) is 18.1 Å². The molecule has 100 valence electrons. The number of thiazole rings is 1. The zero-order valence-corrected chi connectivity index (χ0v) is 12.6. The van der Waals surface area contributed by atoms with Gasteiger partial charge < -0.3 is 10.6 Å². The zero-order chi connectivity index (χ0) is 13.5. The van der Waals surface area contributed by atoms with Gasteiger partial charge in [-0.25, -0.2) is 9.78 Å². The molecule has 1 heterocycles. The van der Waals surface area contributed by atoms with Gasteiger partial charge in [0.15, 0.2) is 0 Å². The number of amides is 2. The minimum Gasteiger partial charge on any atom is -0.338 e. The zero-order valence-electron chi connectivity index (χ0n) is 10.2. The van der Waals surface area contributed by atoms with Crippen LogP contribution in [0.25, 0.3) is 0 Å². The van der Waals surface area contributed by atoms with Crippen LogP contribution in [0.1, 0.15) is 11.3 Å². The number of hydrogen-bond donors (Lipinski definition) is 2. The first-order valence-corrected chi connectivity index (χ1v) is 7.61. The molecule has 0 aliphatic carbocycles. The second kappa shape index (κ2) is 7.25. The van der Waals surface area contributed by atoms with E-state index < -0.39 is 0 Å². The molecule has 0 unspecified atom stereocenters. The summed E-state index contributed by atoms with van der Waals surface area (Å²) < 4.78 is 1.07. The van der Waals surface area contributed by atoms with Gasteiger partial charge in [-0.15, -0.1) is 11.3 Å². The average Bonchev–Trinajstić information content (AvgIpc) is 2.92. The number of rotatable bonds is 5. The van der Waals surface area contributed by atoms with Crippen molar-refractivity contribution in [3.8, 4) is 0 Å². The van der Waals surface area contributed by atoms with Crippen molar-refractivity contribution in [3.63, 3.8) is 0 Å². The maximum absolute atomic E-state index is 11.6. The molecule has 0 fully saturated rings. The standard InChI is InChI=1S/C13H14BrN3OS/c14-12-4-2-1-3-10(12)5-6-15-13(18)16-7-11-8-19-9-17-11/h1-4,8-9H,5-7H2,(H2,15,16,18). The molecule has 2 rings (SSSR count). The van der Waals surface area contributed by atoms with Crippen LogP contribution >= 0.6 is 27.3 Å². The van der Waals surface area contributed by atoms with E-state index in [1.54, 1.807) is 5.51 Å². The monoisotopic (exact) mass is 339 g/mol. The molecule has 2 amide bonds. The lowest BCUT2D eigenvalue weighted by atomic mass is 10.1. The lowest BCUT2D eigenvalue weighted by molar-refractivity contribution is 0.240. The Bertz CT molecular complexity index is 530. The predicted molar refractivity (Wildman–Crippen MR) is 80.2 cm³/mol. The number of benzene rings is 1. The highest BCUT2D eigenvalue weighted by molar-refractivity contribution is 9.10. The molecule has 1 aromatic heterocycles. The number of aromatic nitrogens is 1. The Morgan fingerprint density at radius 2 is 2.16 bits per heavy atom. The Morgan fingerprint density at radius 1 is 1.32 bits per heavy atom. The van der Waals surface area contributed by atoms with E-state index in [9.17, 15) is 4.79 Å². The first kappa shape index (κ1) is 14.0. The maximum Gasteiger partial charge on any atom is 0.315 e. The van der Waals surface area contributed by atoms with Crippen LogP contribution in [0.15, 0.2) is 39.6 Å². The molecule has 0 aliphatic heterocycles. The lowest BCUT2D eigenvalue weighted by Gasteiger charge is -2.07. The van der Waals surface area contributed by atoms with E-state index >= 15 is 0 Å². The summed E-state index contributed by atoms with van der Waals surface area (Å²) in [7, 11) is 0. The molecule has 0 atom stereocenters. The number of nitrogens with one attached hydrogen (secondary N) is 2. The molecule has 0 saturated heterocycles. The Kier molecular flexibility index (Phi) is 5.35. The van der Waals surface area contributed by atoms with Crippen molar-refractivity contribution < 1.29 is 4.79 Å². The molecule has 19 heavy (non-hydrogen) atoms. The van der Waals surface area contributed by atoms with Gasteiger partial charge in [0.1, 0.15) is 0 Å². The molecule has 4 nitrogen and oxygen atoms in total. The number of carbonyl (C=O) groups excluding carboxylic acids is 1. The van der Waals surface area contributed by atoms with Gasteiger partial charge in [-0.2, -0.15) is 0 Å². The first-order valence-electron chi connectivity index (χ1n) is 5.88. The second-order valence-corrected chi connectivity index (χ2v) is 5.50. The summed E-state index contributed by atoms with van der Waals surface area (Å²) in [5, 5.41) is 7.51. The third-order valence-electron chi connectivity index (χ3n) is 2.55. The summed E-state index contributed by atoms with van der Waals surface area (Å²) in [6, 6.07) is 7.83. The summed E-state index contributed by atoms with van der Waals surface area (Å²) in [5.74, 6) is 0. The summed E-state index contributed by atoms with van der Waals surface area (Å²) in [5.41, 5.74) is 3.82. The van der Waals surface area contributed by atoms with Crippen LogP contribution < -0.4 is 10.6 Å². The SMILES string of the molecule is O=C(NCCc1ccccc1Br)NCc1cscn1. The van der Waals surface area contributed by atoms with E-state index in [4.69, 9.17) is 0 Å². The summed E-state index contributed by atoms with van der Waals surface area (Å²) in [6.07, 6.45) is 0.797. The Morgan fingerprint density at radius 3 is 2.89 bits per heavy atom. The molecule has 2 aromatic rings. The normalized spacial score (nSPS) is 10.2. The number of carbonyl (C=O) groups is 1. The number of hydrogen-bond acceptors (Lipinski definition) is 3. The summed E-state index contributed by atoms with van der Waals surface area (Å²) in [4.78, 5) is 15.7. The first-order chi connectivity index (χ1) is 9.25. The van der Waals surface area contributed by atoms with Crippen LogP contribution in [0.2, 0.25) is 0 Å². The van der Waals surface area contributed by atoms with Crippen molar-refractivity contribution in [3.05, 3.63) is 50.9 Å². The fraction of sp³-hybridized carbons (Fsp3) is 0.231. The number of urea groups is 1. The molecule has 1 aromatic carbocycles. The van der Waals surface area contributed by atoms with Gasteiger partial charge in [0, 0.05) is 16.4 Å². The van der Waals surface area contributed by atoms with Gasteiger partial charge in [0.05, 0.1) is 17.7 Å². The van der Waals surface area contributed by atoms with Crippen molar-refractivity contribution in [1.82, 2.24) is 15.6 Å². The maximum atomic E-state index is 11.6. The fourth-order valence-electron chi connectivity index (χ4n) is 1.57. The smallest absolute Gasteiger partial charge is 0.315 e. The minimum atomic E-state index is -0.167. The van der Waals surface area contributed by atoms with Gasteiger partial charge >= 0.3 is 6.03 Å². The Hall–Kier alpha value is -1.40. The highest BCUT2D eigenvalue weighted by Gasteiger charge is 2.02. The second-order valence-electron chi connectivity index (χ2n) is 3.93. The molecule has 0 spiro atoms. The number of nitrogens with zero attached hydrogens (tertiary/aromatic N) is 1. The third kappa shape index (κ3) is 4.65. The van der Waals surface area contributed by atoms with E-state index in [-0.39, 0.29) is 6.03 Å². The van der Waals surface area contributed by atoms with E-state index in [1.807, 2.05) is 29.6 Å². The van der Waals surface area contributed by atoms with Crippen LogP contribution in [0.5, 0.6) is 0 Å². The lowest BCUT2D eigenvalue weighted by Crippen LogP contribution is -2.36. The molecule has 6 heteroatoms. The topological polar surface area (TPSA) is 54.0 Å². The van der Waals surface area contributed by atoms with Crippen molar-refractivity contribution in [1.29, 1.82) is 0 Å². The summed E-state index contributed by atoms with van der Waals surface area (Å²) >= 11 is 5.00. The highest BCUT2D eigenvalue weighted by atomic mass is 79.9. The van der Waals surface area contributed by atoms with Crippen LogP contribution in [-0.4, -0.2) is 17.6 Å². The van der Waals surface area contributed by atoms with E-state index in [1.165, 1.54) is 16.9 Å². The molecule has 2 N–H and O–H groups in total. The van der Waals surface area contributed by atoms with Crippen LogP contribution in [-0.2, 0) is 13.0 Å². The van der Waals surface area contributed by atoms with Crippen molar-refractivity contribution in [2.45, 2.75) is 13.0 Å². The molecular formula is C13H14BrN3OS. The van der Waals surface area contributed by atoms with E-state index in [2.05, 4.69) is 31.5 Å². The Labute approximate surface area is 124 Å². The molecular weight excluding hydrogens is 326 g/mol. The van der Waals surface area contributed by atoms with Crippen molar-refractivity contribution in [2.24, 2.45) is 0 Å². The van der Waals surface area contributed by atoms with Crippen LogP contribution in [0, 0.1) is 0 Å². The van der Waals surface area contributed by atoms with Gasteiger partial charge in [-0.3, -0.25) is 0 Å². The largest absolute Gasteiger partial charge is 0.338 e. The molecule has 0 bridgehead atoms.